The highest BCUT2D eigenvalue weighted by molar-refractivity contribution is 5.82. The van der Waals surface area contributed by atoms with Gasteiger partial charge in [-0.15, -0.1) is 0 Å². The second-order valence-corrected chi connectivity index (χ2v) is 5.14. The molecular formula is C19H17NO5. The van der Waals surface area contributed by atoms with E-state index in [1.165, 1.54) is 14.2 Å². The van der Waals surface area contributed by atoms with Crippen LogP contribution in [0.15, 0.2) is 45.6 Å². The van der Waals surface area contributed by atoms with Gasteiger partial charge in [-0.2, -0.15) is 0 Å². The van der Waals surface area contributed by atoms with Crippen LogP contribution in [-0.4, -0.2) is 26.3 Å². The minimum atomic E-state index is -0.495. The zero-order valence-corrected chi connectivity index (χ0v) is 14.1. The van der Waals surface area contributed by atoms with Crippen molar-refractivity contribution < 1.29 is 18.6 Å². The molecule has 0 unspecified atom stereocenters. The predicted octanol–water partition coefficient (Wildman–Crippen LogP) is 3.38. The number of hydrogen-bond acceptors (Lipinski definition) is 6. The van der Waals surface area contributed by atoms with E-state index in [0.29, 0.717) is 28.2 Å². The monoisotopic (exact) mass is 339 g/mol. The molecule has 0 radical (unpaired) electrons. The molecule has 6 heteroatoms. The SMILES string of the molecule is COc1ccccc1/C=C/c1nc2cc(OC)c(OC)cc2c(=O)o1. The number of benzene rings is 2. The van der Waals surface area contributed by atoms with E-state index < -0.39 is 5.63 Å². The minimum Gasteiger partial charge on any atom is -0.496 e. The lowest BCUT2D eigenvalue weighted by molar-refractivity contribution is 0.355. The number of methoxy groups -OCH3 is 3. The second-order valence-electron chi connectivity index (χ2n) is 5.14. The van der Waals surface area contributed by atoms with E-state index in [0.717, 1.165) is 5.56 Å². The van der Waals surface area contributed by atoms with Crippen molar-refractivity contribution in [3.05, 3.63) is 58.3 Å². The number of ether oxygens (including phenoxy) is 3. The molecule has 25 heavy (non-hydrogen) atoms. The number of nitrogens with zero attached hydrogens (tertiary/aromatic N) is 1. The van der Waals surface area contributed by atoms with Gasteiger partial charge >= 0.3 is 5.63 Å². The van der Waals surface area contributed by atoms with Gasteiger partial charge in [0.05, 0.1) is 32.2 Å². The lowest BCUT2D eigenvalue weighted by Gasteiger charge is -2.08. The minimum absolute atomic E-state index is 0.190. The Hall–Kier alpha value is -3.28. The number of aromatic nitrogens is 1. The summed E-state index contributed by atoms with van der Waals surface area (Å²) in [5, 5.41) is 0.326. The summed E-state index contributed by atoms with van der Waals surface area (Å²) in [5.41, 5.74) is 0.820. The molecule has 0 fully saturated rings. The molecule has 0 N–H and O–H groups in total. The van der Waals surface area contributed by atoms with E-state index in [-0.39, 0.29) is 5.89 Å². The van der Waals surface area contributed by atoms with E-state index in [1.807, 2.05) is 24.3 Å². The molecule has 0 saturated carbocycles. The van der Waals surface area contributed by atoms with Gasteiger partial charge in [0.15, 0.2) is 11.5 Å². The highest BCUT2D eigenvalue weighted by Gasteiger charge is 2.11. The molecule has 3 aromatic rings. The Labute approximate surface area is 144 Å². The first kappa shape index (κ1) is 16.6. The zero-order chi connectivity index (χ0) is 17.8. The quantitative estimate of drug-likeness (QED) is 0.710. The van der Waals surface area contributed by atoms with Gasteiger partial charge in [0.1, 0.15) is 5.75 Å². The molecule has 0 aliphatic heterocycles. The van der Waals surface area contributed by atoms with Crippen LogP contribution in [0, 0.1) is 0 Å². The Balaban J connectivity index is 2.06. The van der Waals surface area contributed by atoms with Crippen LogP contribution in [-0.2, 0) is 0 Å². The first-order valence-corrected chi connectivity index (χ1v) is 7.54. The lowest BCUT2D eigenvalue weighted by Crippen LogP contribution is -2.04. The van der Waals surface area contributed by atoms with Crippen molar-refractivity contribution in [2.24, 2.45) is 0 Å². The van der Waals surface area contributed by atoms with Crippen LogP contribution in [0.4, 0.5) is 0 Å². The van der Waals surface area contributed by atoms with Crippen LogP contribution >= 0.6 is 0 Å². The molecule has 0 bridgehead atoms. The van der Waals surface area contributed by atoms with Crippen molar-refractivity contribution in [2.75, 3.05) is 21.3 Å². The van der Waals surface area contributed by atoms with Crippen molar-refractivity contribution in [3.63, 3.8) is 0 Å². The fraction of sp³-hybridized carbons (Fsp3) is 0.158. The summed E-state index contributed by atoms with van der Waals surface area (Å²) in [6.45, 7) is 0. The number of hydrogen-bond donors (Lipinski definition) is 0. The van der Waals surface area contributed by atoms with E-state index in [9.17, 15) is 4.79 Å². The summed E-state index contributed by atoms with van der Waals surface area (Å²) in [6.07, 6.45) is 3.39. The van der Waals surface area contributed by atoms with Crippen LogP contribution in [0.5, 0.6) is 17.2 Å². The summed E-state index contributed by atoms with van der Waals surface area (Å²) in [5.74, 6) is 1.85. The molecule has 0 atom stereocenters. The Morgan fingerprint density at radius 3 is 2.32 bits per heavy atom. The van der Waals surface area contributed by atoms with Gasteiger partial charge in [0.25, 0.3) is 0 Å². The molecule has 6 nitrogen and oxygen atoms in total. The molecular weight excluding hydrogens is 322 g/mol. The van der Waals surface area contributed by atoms with Gasteiger partial charge in [0, 0.05) is 23.8 Å². The van der Waals surface area contributed by atoms with E-state index in [2.05, 4.69) is 4.98 Å². The van der Waals surface area contributed by atoms with Crippen molar-refractivity contribution in [2.45, 2.75) is 0 Å². The Morgan fingerprint density at radius 1 is 0.920 bits per heavy atom. The van der Waals surface area contributed by atoms with Crippen LogP contribution in [0.1, 0.15) is 11.5 Å². The van der Waals surface area contributed by atoms with Crippen molar-refractivity contribution in [1.29, 1.82) is 0 Å². The maximum Gasteiger partial charge on any atom is 0.347 e. The predicted molar refractivity (Wildman–Crippen MR) is 95.3 cm³/mol. The fourth-order valence-corrected chi connectivity index (χ4v) is 2.45. The second kappa shape index (κ2) is 7.09. The van der Waals surface area contributed by atoms with Gasteiger partial charge in [0.2, 0.25) is 5.89 Å². The van der Waals surface area contributed by atoms with Crippen LogP contribution < -0.4 is 19.8 Å². The average Bonchev–Trinajstić information content (AvgIpc) is 2.65. The highest BCUT2D eigenvalue weighted by Crippen LogP contribution is 2.30. The van der Waals surface area contributed by atoms with Gasteiger partial charge in [-0.1, -0.05) is 18.2 Å². The topological polar surface area (TPSA) is 70.8 Å². The molecule has 3 rings (SSSR count). The van der Waals surface area contributed by atoms with Gasteiger partial charge in [-0.3, -0.25) is 0 Å². The van der Waals surface area contributed by atoms with Crippen LogP contribution in [0.3, 0.4) is 0 Å². The fourth-order valence-electron chi connectivity index (χ4n) is 2.45. The normalized spacial score (nSPS) is 11.0. The molecule has 0 amide bonds. The van der Waals surface area contributed by atoms with E-state index >= 15 is 0 Å². The lowest BCUT2D eigenvalue weighted by atomic mass is 10.2. The standard InChI is InChI=1S/C19H17NO5/c1-22-15-7-5-4-6-12(15)8-9-18-20-14-11-17(24-3)16(23-2)10-13(14)19(21)25-18/h4-11H,1-3H3/b9-8+. The molecule has 0 aliphatic rings. The van der Waals surface area contributed by atoms with Gasteiger partial charge in [-0.25, -0.2) is 9.78 Å². The molecule has 1 heterocycles. The summed E-state index contributed by atoms with van der Waals surface area (Å²) in [6, 6.07) is 10.7. The highest BCUT2D eigenvalue weighted by atomic mass is 16.5. The molecule has 0 saturated heterocycles. The zero-order valence-electron chi connectivity index (χ0n) is 14.1. The van der Waals surface area contributed by atoms with Crippen molar-refractivity contribution >= 4 is 23.1 Å². The summed E-state index contributed by atoms with van der Waals surface area (Å²) in [4.78, 5) is 16.6. The summed E-state index contributed by atoms with van der Waals surface area (Å²) < 4.78 is 21.0. The molecule has 0 spiro atoms. The molecule has 2 aromatic carbocycles. The third kappa shape index (κ3) is 3.33. The molecule has 128 valence electrons. The van der Waals surface area contributed by atoms with Crippen molar-refractivity contribution in [1.82, 2.24) is 4.98 Å². The van der Waals surface area contributed by atoms with E-state index in [4.69, 9.17) is 18.6 Å². The van der Waals surface area contributed by atoms with Crippen LogP contribution in [0.2, 0.25) is 0 Å². The number of fused-ring (bicyclic) bond motifs is 1. The third-order valence-corrected chi connectivity index (χ3v) is 3.69. The van der Waals surface area contributed by atoms with Gasteiger partial charge in [-0.05, 0) is 12.1 Å². The van der Waals surface area contributed by atoms with Crippen LogP contribution in [0.25, 0.3) is 23.1 Å². The summed E-state index contributed by atoms with van der Waals surface area (Å²) >= 11 is 0. The Bertz CT molecular complexity index is 991. The largest absolute Gasteiger partial charge is 0.496 e. The van der Waals surface area contributed by atoms with Gasteiger partial charge < -0.3 is 18.6 Å². The first-order chi connectivity index (χ1) is 12.2. The smallest absolute Gasteiger partial charge is 0.347 e. The number of rotatable bonds is 5. The van der Waals surface area contributed by atoms with Crippen molar-refractivity contribution in [3.8, 4) is 17.2 Å². The number of para-hydroxylation sites is 1. The summed E-state index contributed by atoms with van der Waals surface area (Å²) in [7, 11) is 4.63. The molecule has 1 aromatic heterocycles. The maximum absolute atomic E-state index is 12.2. The Morgan fingerprint density at radius 2 is 1.60 bits per heavy atom. The third-order valence-electron chi connectivity index (χ3n) is 3.69. The molecule has 0 aliphatic carbocycles. The Kier molecular flexibility index (Phi) is 4.70. The maximum atomic E-state index is 12.2. The average molecular weight is 339 g/mol. The first-order valence-electron chi connectivity index (χ1n) is 7.54. The van der Waals surface area contributed by atoms with E-state index in [1.54, 1.807) is 31.4 Å².